The van der Waals surface area contributed by atoms with Crippen LogP contribution in [0.3, 0.4) is 0 Å². The van der Waals surface area contributed by atoms with Crippen LogP contribution in [0, 0.1) is 13.8 Å². The molecular weight excluding hydrogens is 370 g/mol. The molecule has 0 unspecified atom stereocenters. The average molecular weight is 388 g/mol. The summed E-state index contributed by atoms with van der Waals surface area (Å²) in [6.45, 7) is 3.94. The van der Waals surface area contributed by atoms with Gasteiger partial charge in [-0.15, -0.1) is 0 Å². The lowest BCUT2D eigenvalue weighted by atomic mass is 10.0. The fourth-order valence-electron chi connectivity index (χ4n) is 3.17. The first kappa shape index (κ1) is 18.2. The number of para-hydroxylation sites is 1. The zero-order valence-electron chi connectivity index (χ0n) is 15.6. The first-order valence-corrected chi connectivity index (χ1v) is 9.34. The van der Waals surface area contributed by atoms with E-state index in [9.17, 15) is 4.79 Å². The number of carbonyl (C=O) groups is 1. The van der Waals surface area contributed by atoms with E-state index in [1.54, 1.807) is 12.1 Å². The fraction of sp³-hybridized carbons (Fsp3) is 0.0833. The van der Waals surface area contributed by atoms with Crippen LogP contribution >= 0.6 is 11.6 Å². The number of benzene rings is 3. The van der Waals surface area contributed by atoms with Gasteiger partial charge < -0.3 is 4.74 Å². The monoisotopic (exact) mass is 387 g/mol. The van der Waals surface area contributed by atoms with Gasteiger partial charge in [-0.3, -0.25) is 0 Å². The number of rotatable bonds is 3. The van der Waals surface area contributed by atoms with Crippen LogP contribution in [0.2, 0.25) is 5.02 Å². The molecule has 0 spiro atoms. The number of aromatic nitrogens is 1. The van der Waals surface area contributed by atoms with Crippen LogP contribution in [-0.2, 0) is 0 Å². The van der Waals surface area contributed by atoms with Gasteiger partial charge in [-0.2, -0.15) is 0 Å². The van der Waals surface area contributed by atoms with E-state index in [1.165, 1.54) is 0 Å². The Morgan fingerprint density at radius 3 is 2.43 bits per heavy atom. The fourth-order valence-corrected chi connectivity index (χ4v) is 3.30. The number of hydrogen-bond acceptors (Lipinski definition) is 3. The molecule has 0 fully saturated rings. The minimum atomic E-state index is -0.404. The normalized spacial score (nSPS) is 10.8. The molecule has 0 atom stereocenters. The van der Waals surface area contributed by atoms with Crippen molar-refractivity contribution in [1.82, 2.24) is 4.98 Å². The number of carbonyl (C=O) groups excluding carboxylic acids is 1. The second-order valence-electron chi connectivity index (χ2n) is 6.74. The number of aryl methyl sites for hydroxylation is 2. The summed E-state index contributed by atoms with van der Waals surface area (Å²) in [6, 6.07) is 22.4. The number of pyridine rings is 1. The molecule has 0 aliphatic rings. The van der Waals surface area contributed by atoms with Gasteiger partial charge >= 0.3 is 5.97 Å². The van der Waals surface area contributed by atoms with E-state index in [2.05, 4.69) is 0 Å². The van der Waals surface area contributed by atoms with Crippen molar-refractivity contribution in [3.05, 3.63) is 94.5 Å². The number of nitrogens with zero attached hydrogens (tertiary/aromatic N) is 1. The minimum absolute atomic E-state index is 0.404. The minimum Gasteiger partial charge on any atom is -0.423 e. The third-order valence-electron chi connectivity index (χ3n) is 4.60. The molecule has 1 aromatic heterocycles. The molecule has 0 aliphatic carbocycles. The van der Waals surface area contributed by atoms with Crippen molar-refractivity contribution in [3.63, 3.8) is 0 Å². The Hall–Kier alpha value is -3.17. The van der Waals surface area contributed by atoms with Gasteiger partial charge in [0.25, 0.3) is 0 Å². The molecule has 0 N–H and O–H groups in total. The summed E-state index contributed by atoms with van der Waals surface area (Å²) in [5.74, 6) is 0.120. The molecule has 1 heterocycles. The Morgan fingerprint density at radius 2 is 1.68 bits per heavy atom. The first-order valence-electron chi connectivity index (χ1n) is 8.96. The smallest absolute Gasteiger partial charge is 0.344 e. The van der Waals surface area contributed by atoms with Crippen LogP contribution < -0.4 is 4.74 Å². The van der Waals surface area contributed by atoms with Crippen LogP contribution in [0.1, 0.15) is 21.5 Å². The predicted molar refractivity (Wildman–Crippen MR) is 113 cm³/mol. The number of fused-ring (bicyclic) bond motifs is 1. The van der Waals surface area contributed by atoms with Gasteiger partial charge in [-0.05, 0) is 55.3 Å². The molecule has 138 valence electrons. The standard InChI is InChI=1S/C24H18ClNO2/c1-15-5-3-7-19(13-15)28-24(27)21-14-22(17-9-11-18(25)12-10-17)26-23-16(2)6-4-8-20(21)23/h3-14H,1-2H3. The number of ether oxygens (including phenoxy) is 1. The summed E-state index contributed by atoms with van der Waals surface area (Å²) in [5.41, 5.74) is 4.89. The molecule has 4 heteroatoms. The second-order valence-corrected chi connectivity index (χ2v) is 7.18. The largest absolute Gasteiger partial charge is 0.423 e. The maximum atomic E-state index is 13.0. The van der Waals surface area contributed by atoms with Crippen molar-refractivity contribution in [2.24, 2.45) is 0 Å². The van der Waals surface area contributed by atoms with Crippen LogP contribution in [0.25, 0.3) is 22.2 Å². The third kappa shape index (κ3) is 3.62. The summed E-state index contributed by atoms with van der Waals surface area (Å²) in [4.78, 5) is 17.8. The van der Waals surface area contributed by atoms with E-state index in [4.69, 9.17) is 21.3 Å². The zero-order valence-corrected chi connectivity index (χ0v) is 16.3. The molecule has 0 bridgehead atoms. The zero-order chi connectivity index (χ0) is 19.7. The first-order chi connectivity index (χ1) is 13.5. The molecule has 28 heavy (non-hydrogen) atoms. The maximum Gasteiger partial charge on any atom is 0.344 e. The molecule has 0 saturated heterocycles. The average Bonchev–Trinajstić information content (AvgIpc) is 2.68. The van der Waals surface area contributed by atoms with Crippen molar-refractivity contribution in [1.29, 1.82) is 0 Å². The Morgan fingerprint density at radius 1 is 0.929 bits per heavy atom. The summed E-state index contributed by atoms with van der Waals surface area (Å²) in [5, 5.41) is 1.43. The van der Waals surface area contributed by atoms with Crippen molar-refractivity contribution in [2.45, 2.75) is 13.8 Å². The summed E-state index contributed by atoms with van der Waals surface area (Å²) >= 11 is 6.01. The molecule has 3 nitrogen and oxygen atoms in total. The molecular formula is C24H18ClNO2. The van der Waals surface area contributed by atoms with Gasteiger partial charge in [0.05, 0.1) is 16.8 Å². The summed E-state index contributed by atoms with van der Waals surface area (Å²) in [7, 11) is 0. The van der Waals surface area contributed by atoms with Crippen molar-refractivity contribution < 1.29 is 9.53 Å². The topological polar surface area (TPSA) is 39.2 Å². The number of hydrogen-bond donors (Lipinski definition) is 0. The Bertz CT molecular complexity index is 1180. The van der Waals surface area contributed by atoms with E-state index in [-0.39, 0.29) is 0 Å². The Balaban J connectivity index is 1.85. The van der Waals surface area contributed by atoms with Crippen molar-refractivity contribution >= 4 is 28.5 Å². The van der Waals surface area contributed by atoms with Crippen LogP contribution in [0.5, 0.6) is 5.75 Å². The Labute approximate surface area is 168 Å². The molecule has 4 rings (SSSR count). The lowest BCUT2D eigenvalue weighted by Gasteiger charge is -2.12. The molecule has 0 aliphatic heterocycles. The highest BCUT2D eigenvalue weighted by molar-refractivity contribution is 6.30. The van der Waals surface area contributed by atoms with Crippen LogP contribution in [-0.4, -0.2) is 11.0 Å². The highest BCUT2D eigenvalue weighted by atomic mass is 35.5. The molecule has 0 amide bonds. The summed E-state index contributed by atoms with van der Waals surface area (Å²) in [6.07, 6.45) is 0. The third-order valence-corrected chi connectivity index (χ3v) is 4.85. The van der Waals surface area contributed by atoms with Gasteiger partial charge in [-0.1, -0.05) is 54.1 Å². The number of esters is 1. The van der Waals surface area contributed by atoms with Gasteiger partial charge in [0.2, 0.25) is 0 Å². The predicted octanol–water partition coefficient (Wildman–Crippen LogP) is 6.39. The SMILES string of the molecule is Cc1cccc(OC(=O)c2cc(-c3ccc(Cl)cc3)nc3c(C)cccc23)c1. The van der Waals surface area contributed by atoms with Gasteiger partial charge in [-0.25, -0.2) is 9.78 Å². The molecule has 0 radical (unpaired) electrons. The van der Waals surface area contributed by atoms with E-state index in [0.717, 1.165) is 27.6 Å². The van der Waals surface area contributed by atoms with Crippen LogP contribution in [0.15, 0.2) is 72.8 Å². The molecule has 4 aromatic rings. The van der Waals surface area contributed by atoms with Gasteiger partial charge in [0.15, 0.2) is 0 Å². The number of halogens is 1. The molecule has 3 aromatic carbocycles. The van der Waals surface area contributed by atoms with E-state index >= 15 is 0 Å². The quantitative estimate of drug-likeness (QED) is 0.302. The highest BCUT2D eigenvalue weighted by Crippen LogP contribution is 2.28. The Kier molecular flexibility index (Phi) is 4.84. The van der Waals surface area contributed by atoms with Crippen molar-refractivity contribution in [3.8, 4) is 17.0 Å². The van der Waals surface area contributed by atoms with Gasteiger partial charge in [0.1, 0.15) is 5.75 Å². The van der Waals surface area contributed by atoms with Gasteiger partial charge in [0, 0.05) is 16.0 Å². The summed E-state index contributed by atoms with van der Waals surface area (Å²) < 4.78 is 5.65. The molecule has 0 saturated carbocycles. The van der Waals surface area contributed by atoms with E-state index < -0.39 is 5.97 Å². The second kappa shape index (κ2) is 7.45. The lowest BCUT2D eigenvalue weighted by Crippen LogP contribution is -2.10. The highest BCUT2D eigenvalue weighted by Gasteiger charge is 2.17. The van der Waals surface area contributed by atoms with Crippen LogP contribution in [0.4, 0.5) is 0 Å². The lowest BCUT2D eigenvalue weighted by molar-refractivity contribution is 0.0737. The van der Waals surface area contributed by atoms with Crippen molar-refractivity contribution in [2.75, 3.05) is 0 Å². The van der Waals surface area contributed by atoms with E-state index in [1.807, 2.05) is 74.5 Å². The maximum absolute atomic E-state index is 13.0. The van der Waals surface area contributed by atoms with E-state index in [0.29, 0.717) is 22.0 Å².